The Hall–Kier alpha value is -13.4. The van der Waals surface area contributed by atoms with Crippen LogP contribution in [-0.4, -0.2) is 30.8 Å². The van der Waals surface area contributed by atoms with Crippen molar-refractivity contribution in [3.8, 4) is 90.0 Å². The summed E-state index contributed by atoms with van der Waals surface area (Å²) in [5.74, 6) is 1.49. The van der Waals surface area contributed by atoms with Crippen molar-refractivity contribution < 1.29 is 11.0 Å². The first-order valence-electron chi connectivity index (χ1n) is 46.2. The fraction of sp³-hybridized carbons (Fsp3) is 0.177. The molecule has 2 aliphatic heterocycles. The minimum atomic E-state index is -0.613. The van der Waals surface area contributed by atoms with Gasteiger partial charge in [0.1, 0.15) is 0 Å². The Morgan fingerprint density at radius 1 is 0.256 bits per heavy atom. The monoisotopic (exact) mass is 1570 g/mol. The van der Waals surface area contributed by atoms with Crippen LogP contribution in [0.1, 0.15) is 143 Å². The lowest BCUT2D eigenvalue weighted by Crippen LogP contribution is -2.61. The van der Waals surface area contributed by atoms with Crippen LogP contribution in [-0.2, 0) is 27.1 Å². The minimum Gasteiger partial charge on any atom is -0.311 e. The molecule has 0 N–H and O–H groups in total. The molecule has 5 heterocycles. The predicted octanol–water partition coefficient (Wildman–Crippen LogP) is 28.3. The van der Waals surface area contributed by atoms with E-state index in [1.807, 2.05) is 54.6 Å². The molecule has 15 aromatic carbocycles. The van der Waals surface area contributed by atoms with Crippen LogP contribution in [0.25, 0.3) is 134 Å². The largest absolute Gasteiger partial charge is 0.311 e. The van der Waals surface area contributed by atoms with Crippen molar-refractivity contribution in [1.82, 2.24) is 24.1 Å². The standard InChI is InChI=1S/C113H100BN7/c1-109(2,3)79-51-57-98-90(64-79)91-65-80(110(4,5)6)52-58-99(91)119(98)85-69-102-104-103(70-85)121(105-89(73-39-25-18-26-40-73)66-83(113(13,14)15)67-92(105)108-116-106(74-41-27-19-28-42-74)115-107(117-108)75-43-29-20-30-44-75)100-62-77(78-59-81(111(7,8)9)63-82(60-78)112(10,11)12)49-54-93(100)114(104)94-55-53-84(118-95-47-33-31-45-86(95)87-46-32-34-48-96(87)118)68-101(94)120(102)97-56-50-76(71-35-21-16-22-36-71)61-88(97)72-37-23-17-24-38-72/h16-70H,1-15H3/i31D,32D,33D,34D,45D,46D,47D,48D. The van der Waals surface area contributed by atoms with E-state index in [2.05, 4.69) is 349 Å². The molecule has 0 saturated carbocycles. The normalized spacial score (nSPS) is 14.0. The van der Waals surface area contributed by atoms with Crippen molar-refractivity contribution in [2.45, 2.75) is 131 Å². The Balaban J connectivity index is 1.02. The van der Waals surface area contributed by atoms with Gasteiger partial charge in [-0.05, 0) is 196 Å². The first-order chi connectivity index (χ1) is 61.5. The molecule has 0 amide bonds. The molecule has 0 radical (unpaired) electrons. The number of aromatic nitrogens is 5. The topological polar surface area (TPSA) is 55.0 Å². The molecule has 0 saturated heterocycles. The molecule has 0 aliphatic carbocycles. The maximum Gasteiger partial charge on any atom is 0.252 e. The maximum atomic E-state index is 10.0. The lowest BCUT2D eigenvalue weighted by atomic mass is 9.33. The summed E-state index contributed by atoms with van der Waals surface area (Å²) in [5, 5.41) is 2.19. The van der Waals surface area contributed by atoms with Crippen LogP contribution < -0.4 is 26.2 Å². The highest BCUT2D eigenvalue weighted by molar-refractivity contribution is 7.00. The van der Waals surface area contributed by atoms with Crippen molar-refractivity contribution in [2.24, 2.45) is 0 Å². The van der Waals surface area contributed by atoms with E-state index in [0.717, 1.165) is 139 Å². The van der Waals surface area contributed by atoms with E-state index in [9.17, 15) is 11.0 Å². The molecule has 2 aliphatic rings. The third-order valence-electron chi connectivity index (χ3n) is 24.7. The van der Waals surface area contributed by atoms with E-state index < -0.39 is 48.4 Å². The lowest BCUT2D eigenvalue weighted by Gasteiger charge is -2.46. The van der Waals surface area contributed by atoms with Crippen molar-refractivity contribution in [2.75, 3.05) is 9.80 Å². The van der Waals surface area contributed by atoms with Crippen LogP contribution >= 0.6 is 0 Å². The van der Waals surface area contributed by atoms with Gasteiger partial charge in [0.05, 0.1) is 50.1 Å². The Bertz CT molecular complexity index is 7430. The first-order valence-corrected chi connectivity index (χ1v) is 42.2. The summed E-state index contributed by atoms with van der Waals surface area (Å²) in [6.07, 6.45) is 0. The molecule has 7 nitrogen and oxygen atoms in total. The van der Waals surface area contributed by atoms with E-state index in [1.165, 1.54) is 22.3 Å². The van der Waals surface area contributed by atoms with Gasteiger partial charge in [0.15, 0.2) is 17.5 Å². The zero-order valence-corrected chi connectivity index (χ0v) is 71.3. The summed E-state index contributed by atoms with van der Waals surface area (Å²) in [6.45, 7) is 33.6. The first kappa shape index (κ1) is 67.5. The number of hydrogen-bond donors (Lipinski definition) is 0. The van der Waals surface area contributed by atoms with Gasteiger partial charge in [0, 0.05) is 77.8 Å². The molecule has 0 atom stereocenters. The third kappa shape index (κ3) is 13.3. The van der Waals surface area contributed by atoms with Gasteiger partial charge in [-0.25, -0.2) is 15.0 Å². The van der Waals surface area contributed by atoms with Gasteiger partial charge in [-0.15, -0.1) is 0 Å². The molecular formula is C113H100BN7. The molecule has 18 aromatic rings. The molecular weight excluding hydrogens is 1470 g/mol. The fourth-order valence-corrected chi connectivity index (χ4v) is 18.1. The Morgan fingerprint density at radius 2 is 0.661 bits per heavy atom. The van der Waals surface area contributed by atoms with Gasteiger partial charge in [0.25, 0.3) is 6.71 Å². The van der Waals surface area contributed by atoms with Crippen LogP contribution in [0.5, 0.6) is 0 Å². The number of benzene rings is 15. The van der Waals surface area contributed by atoms with Crippen molar-refractivity contribution in [1.29, 1.82) is 0 Å². The molecule has 121 heavy (non-hydrogen) atoms. The van der Waals surface area contributed by atoms with E-state index in [-0.39, 0.29) is 55.6 Å². The summed E-state index contributed by atoms with van der Waals surface area (Å²) in [5.41, 5.74) is 25.8. The zero-order chi connectivity index (χ0) is 90.3. The average molecular weight is 1570 g/mol. The van der Waals surface area contributed by atoms with Crippen LogP contribution in [0.2, 0.25) is 0 Å². The van der Waals surface area contributed by atoms with Crippen LogP contribution in [0.4, 0.5) is 34.1 Å². The third-order valence-corrected chi connectivity index (χ3v) is 24.7. The van der Waals surface area contributed by atoms with Crippen LogP contribution in [0, 0.1) is 0 Å². The number of rotatable bonds is 11. The number of para-hydroxylation sites is 2. The molecule has 0 spiro atoms. The molecule has 590 valence electrons. The second-order valence-electron chi connectivity index (χ2n) is 37.9. The smallest absolute Gasteiger partial charge is 0.252 e. The van der Waals surface area contributed by atoms with E-state index in [1.54, 1.807) is 4.57 Å². The Labute approximate surface area is 723 Å². The molecule has 3 aromatic heterocycles. The van der Waals surface area contributed by atoms with Gasteiger partial charge in [0.2, 0.25) is 0 Å². The quantitative estimate of drug-likeness (QED) is 0.121. The van der Waals surface area contributed by atoms with E-state index in [4.69, 9.17) is 15.0 Å². The Kier molecular flexibility index (Phi) is 16.0. The van der Waals surface area contributed by atoms with Gasteiger partial charge in [-0.2, -0.15) is 0 Å². The molecule has 20 rings (SSSR count). The maximum absolute atomic E-state index is 10.0. The Morgan fingerprint density at radius 3 is 1.17 bits per heavy atom. The number of nitrogens with zero attached hydrogens (tertiary/aromatic N) is 7. The number of anilines is 6. The molecule has 0 bridgehead atoms. The summed E-state index contributed by atoms with van der Waals surface area (Å²) >= 11 is 0. The van der Waals surface area contributed by atoms with E-state index in [0.29, 0.717) is 28.8 Å². The summed E-state index contributed by atoms with van der Waals surface area (Å²) in [6, 6.07) is 99.3. The lowest BCUT2D eigenvalue weighted by molar-refractivity contribution is 0.569. The minimum absolute atomic E-state index is 0.00947. The van der Waals surface area contributed by atoms with Crippen molar-refractivity contribution in [3.05, 3.63) is 361 Å². The fourth-order valence-electron chi connectivity index (χ4n) is 18.1. The highest BCUT2D eigenvalue weighted by atomic mass is 15.2. The van der Waals surface area contributed by atoms with Gasteiger partial charge >= 0.3 is 0 Å². The zero-order valence-electron chi connectivity index (χ0n) is 79.3. The molecule has 0 unspecified atom stereocenters. The molecule has 8 heteroatoms. The van der Waals surface area contributed by atoms with Gasteiger partial charge in [-0.1, -0.05) is 346 Å². The van der Waals surface area contributed by atoms with Crippen LogP contribution in [0.15, 0.2) is 333 Å². The summed E-state index contributed by atoms with van der Waals surface area (Å²) in [7, 11) is 0. The number of hydrogen-bond acceptors (Lipinski definition) is 5. The second kappa shape index (κ2) is 28.7. The van der Waals surface area contributed by atoms with Crippen LogP contribution in [0.3, 0.4) is 0 Å². The SMILES string of the molecule is [2H]c1c([2H])c([2H])c2c(c1[2H])c1c([2H])c([2H])c([2H])c([2H])c1n2-c1ccc2c(c1)N(c1ccc(-c3ccccc3)cc1-c1ccccc1)c1cc(-n3c4ccc(C(C)(C)C)cc4c4cc(C(C)(C)C)ccc43)cc3c1B2c1ccc(-c2cc(C(C)(C)C)cc(C(C)(C)C)c2)cc1N3c1c(-c2ccccc2)cc(C(C)(C)C)cc1-c1nc(-c2ccccc2)nc(-c2ccccc2)n1. The van der Waals surface area contributed by atoms with Crippen molar-refractivity contribution in [3.63, 3.8) is 0 Å². The second-order valence-corrected chi connectivity index (χ2v) is 37.9. The van der Waals surface area contributed by atoms with E-state index >= 15 is 0 Å². The summed E-state index contributed by atoms with van der Waals surface area (Å²) in [4.78, 5) is 22.0. The van der Waals surface area contributed by atoms with Gasteiger partial charge < -0.3 is 18.9 Å². The van der Waals surface area contributed by atoms with Gasteiger partial charge in [-0.3, -0.25) is 0 Å². The highest BCUT2D eigenvalue weighted by Gasteiger charge is 2.46. The highest BCUT2D eigenvalue weighted by Crippen LogP contribution is 2.55. The summed E-state index contributed by atoms with van der Waals surface area (Å²) < 4.78 is 80.9. The van der Waals surface area contributed by atoms with Crippen molar-refractivity contribution >= 4 is 101 Å². The average Bonchev–Trinajstić information content (AvgIpc) is 1.53. The molecule has 0 fully saturated rings. The predicted molar refractivity (Wildman–Crippen MR) is 514 cm³/mol. The number of fused-ring (bicyclic) bond motifs is 10.